The molecule has 1 aromatic heterocycles. The Bertz CT molecular complexity index is 905. The minimum absolute atomic E-state index is 0.207. The van der Waals surface area contributed by atoms with Crippen LogP contribution < -0.4 is 20.5 Å². The van der Waals surface area contributed by atoms with Crippen LogP contribution in [0.25, 0.3) is 6.08 Å². The van der Waals surface area contributed by atoms with Gasteiger partial charge in [0, 0.05) is 6.08 Å². The number of fused-ring (bicyclic) bond motifs is 1. The van der Waals surface area contributed by atoms with Crippen molar-refractivity contribution in [3.63, 3.8) is 0 Å². The van der Waals surface area contributed by atoms with Gasteiger partial charge in [0.25, 0.3) is 11.8 Å². The van der Waals surface area contributed by atoms with Gasteiger partial charge in [-0.05, 0) is 35.2 Å². The molecule has 1 aromatic carbocycles. The molecule has 0 atom stereocenters. The molecule has 0 fully saturated rings. The number of esters is 1. The summed E-state index contributed by atoms with van der Waals surface area (Å²) in [7, 11) is 0. The Morgan fingerprint density at radius 1 is 1.19 bits per heavy atom. The number of thiophene rings is 1. The zero-order valence-corrected chi connectivity index (χ0v) is 14.9. The summed E-state index contributed by atoms with van der Waals surface area (Å²) in [5.41, 5.74) is 6.13. The smallest absolute Gasteiger partial charge is 0.331 e. The van der Waals surface area contributed by atoms with Crippen molar-refractivity contribution in [1.29, 1.82) is 0 Å². The molecule has 3 rings (SSSR count). The van der Waals surface area contributed by atoms with E-state index in [9.17, 15) is 14.4 Å². The van der Waals surface area contributed by atoms with E-state index in [0.29, 0.717) is 29.7 Å². The lowest BCUT2D eigenvalue weighted by atomic mass is 10.2. The van der Waals surface area contributed by atoms with Crippen LogP contribution >= 0.6 is 11.3 Å². The molecular formula is C18H16N2O6S. The number of rotatable bonds is 6. The lowest BCUT2D eigenvalue weighted by Crippen LogP contribution is -2.21. The third-order valence-electron chi connectivity index (χ3n) is 3.51. The van der Waals surface area contributed by atoms with Gasteiger partial charge in [0.1, 0.15) is 18.2 Å². The standard InChI is InChI=1S/C18H16N2O6S/c19-17(23)12-5-8-27-18(12)20-15(21)10-26-16(22)4-2-11-1-3-13-14(9-11)25-7-6-24-13/h1-5,8-9H,6-7,10H2,(H2,19,23)(H,20,21)/b4-2+. The van der Waals surface area contributed by atoms with Gasteiger partial charge in [0.2, 0.25) is 0 Å². The molecule has 0 saturated heterocycles. The van der Waals surface area contributed by atoms with Gasteiger partial charge in [-0.2, -0.15) is 0 Å². The number of amides is 2. The molecule has 3 N–H and O–H groups in total. The molecule has 0 bridgehead atoms. The fourth-order valence-electron chi connectivity index (χ4n) is 2.28. The molecule has 140 valence electrons. The second-order valence-electron chi connectivity index (χ2n) is 5.42. The quantitative estimate of drug-likeness (QED) is 0.576. The Hall–Kier alpha value is -3.33. The van der Waals surface area contributed by atoms with Gasteiger partial charge in [0.05, 0.1) is 5.56 Å². The van der Waals surface area contributed by atoms with Crippen molar-refractivity contribution in [1.82, 2.24) is 0 Å². The highest BCUT2D eigenvalue weighted by Gasteiger charge is 2.14. The highest BCUT2D eigenvalue weighted by Crippen LogP contribution is 2.31. The van der Waals surface area contributed by atoms with Crippen molar-refractivity contribution >= 4 is 40.2 Å². The van der Waals surface area contributed by atoms with E-state index in [4.69, 9.17) is 19.9 Å². The number of carbonyl (C=O) groups is 3. The number of hydrogen-bond acceptors (Lipinski definition) is 7. The summed E-state index contributed by atoms with van der Waals surface area (Å²) in [6.45, 7) is 0.489. The first-order valence-corrected chi connectivity index (χ1v) is 8.82. The number of ether oxygens (including phenoxy) is 3. The molecule has 9 heteroatoms. The second-order valence-corrected chi connectivity index (χ2v) is 6.34. The fourth-order valence-corrected chi connectivity index (χ4v) is 3.08. The average Bonchev–Trinajstić information content (AvgIpc) is 3.13. The highest BCUT2D eigenvalue weighted by atomic mass is 32.1. The van der Waals surface area contributed by atoms with E-state index >= 15 is 0 Å². The van der Waals surface area contributed by atoms with Gasteiger partial charge < -0.3 is 25.3 Å². The minimum Gasteiger partial charge on any atom is -0.486 e. The van der Waals surface area contributed by atoms with Crippen LogP contribution in [-0.2, 0) is 14.3 Å². The fraction of sp³-hybridized carbons (Fsp3) is 0.167. The number of nitrogens with two attached hydrogens (primary N) is 1. The van der Waals surface area contributed by atoms with E-state index in [1.54, 1.807) is 29.7 Å². The molecule has 2 heterocycles. The molecule has 8 nitrogen and oxygen atoms in total. The number of primary amides is 1. The molecule has 2 aromatic rings. The van der Waals surface area contributed by atoms with Gasteiger partial charge in [-0.3, -0.25) is 9.59 Å². The second kappa shape index (κ2) is 8.37. The van der Waals surface area contributed by atoms with Gasteiger partial charge in [0.15, 0.2) is 18.1 Å². The molecule has 2 amide bonds. The average molecular weight is 388 g/mol. The number of nitrogens with one attached hydrogen (secondary N) is 1. The summed E-state index contributed by atoms with van der Waals surface area (Å²) in [4.78, 5) is 34.8. The summed E-state index contributed by atoms with van der Waals surface area (Å²) < 4.78 is 15.8. The number of anilines is 1. The van der Waals surface area contributed by atoms with Gasteiger partial charge in [-0.15, -0.1) is 11.3 Å². The maximum atomic E-state index is 11.8. The van der Waals surface area contributed by atoms with Crippen molar-refractivity contribution in [2.75, 3.05) is 25.1 Å². The number of benzene rings is 1. The topological polar surface area (TPSA) is 117 Å². The van der Waals surface area contributed by atoms with Crippen LogP contribution in [0.2, 0.25) is 0 Å². The summed E-state index contributed by atoms with van der Waals surface area (Å²) in [5.74, 6) is -0.632. The molecule has 27 heavy (non-hydrogen) atoms. The van der Waals surface area contributed by atoms with Crippen LogP contribution in [0.4, 0.5) is 5.00 Å². The maximum Gasteiger partial charge on any atom is 0.331 e. The number of hydrogen-bond donors (Lipinski definition) is 2. The Kier molecular flexibility index (Phi) is 5.72. The molecule has 1 aliphatic heterocycles. The van der Waals surface area contributed by atoms with Crippen molar-refractivity contribution < 1.29 is 28.6 Å². The van der Waals surface area contributed by atoms with Crippen molar-refractivity contribution in [3.8, 4) is 11.5 Å². The first kappa shape index (κ1) is 18.5. The van der Waals surface area contributed by atoms with Crippen LogP contribution in [0.1, 0.15) is 15.9 Å². The maximum absolute atomic E-state index is 11.8. The van der Waals surface area contributed by atoms with Gasteiger partial charge >= 0.3 is 5.97 Å². The van der Waals surface area contributed by atoms with E-state index in [0.717, 1.165) is 16.9 Å². The third kappa shape index (κ3) is 4.85. The zero-order valence-electron chi connectivity index (χ0n) is 14.1. The van der Waals surface area contributed by atoms with E-state index < -0.39 is 24.4 Å². The SMILES string of the molecule is NC(=O)c1ccsc1NC(=O)COC(=O)/C=C/c1ccc2c(c1)OCCO2. The van der Waals surface area contributed by atoms with Crippen LogP contribution in [0.3, 0.4) is 0 Å². The zero-order chi connectivity index (χ0) is 19.2. The lowest BCUT2D eigenvalue weighted by Gasteiger charge is -2.18. The Morgan fingerprint density at radius 3 is 2.74 bits per heavy atom. The number of carbonyl (C=O) groups excluding carboxylic acids is 3. The van der Waals surface area contributed by atoms with E-state index in [1.807, 2.05) is 0 Å². The van der Waals surface area contributed by atoms with Crippen molar-refractivity contribution in [2.24, 2.45) is 5.73 Å². The van der Waals surface area contributed by atoms with Crippen LogP contribution in [0.5, 0.6) is 11.5 Å². The predicted molar refractivity (Wildman–Crippen MR) is 98.9 cm³/mol. The first-order valence-electron chi connectivity index (χ1n) is 7.94. The molecule has 0 aliphatic carbocycles. The first-order chi connectivity index (χ1) is 13.0. The van der Waals surface area contributed by atoms with E-state index in [1.165, 1.54) is 12.1 Å². The lowest BCUT2D eigenvalue weighted by molar-refractivity contribution is -0.142. The molecule has 1 aliphatic rings. The monoisotopic (exact) mass is 388 g/mol. The Labute approximate surface area is 158 Å². The van der Waals surface area contributed by atoms with Crippen LogP contribution in [-0.4, -0.2) is 37.6 Å². The molecule has 0 unspecified atom stereocenters. The largest absolute Gasteiger partial charge is 0.486 e. The van der Waals surface area contributed by atoms with E-state index in [-0.39, 0.29) is 5.56 Å². The molecule has 0 saturated carbocycles. The summed E-state index contributed by atoms with van der Waals surface area (Å²) in [5, 5.41) is 4.42. The predicted octanol–water partition coefficient (Wildman–Crippen LogP) is 1.81. The molecule has 0 radical (unpaired) electrons. The molecule has 0 spiro atoms. The Morgan fingerprint density at radius 2 is 1.96 bits per heavy atom. The van der Waals surface area contributed by atoms with E-state index in [2.05, 4.69) is 5.32 Å². The normalized spacial score (nSPS) is 12.6. The summed E-state index contributed by atoms with van der Waals surface area (Å²) >= 11 is 1.15. The summed E-state index contributed by atoms with van der Waals surface area (Å²) in [6.07, 6.45) is 2.75. The molecular weight excluding hydrogens is 372 g/mol. The minimum atomic E-state index is -0.679. The Balaban J connectivity index is 1.50. The summed E-state index contributed by atoms with van der Waals surface area (Å²) in [6, 6.07) is 6.77. The van der Waals surface area contributed by atoms with Crippen LogP contribution in [0.15, 0.2) is 35.7 Å². The third-order valence-corrected chi connectivity index (χ3v) is 4.34. The van der Waals surface area contributed by atoms with Gasteiger partial charge in [-0.1, -0.05) is 6.07 Å². The van der Waals surface area contributed by atoms with Gasteiger partial charge in [-0.25, -0.2) is 4.79 Å². The van der Waals surface area contributed by atoms with Crippen molar-refractivity contribution in [2.45, 2.75) is 0 Å². The highest BCUT2D eigenvalue weighted by molar-refractivity contribution is 7.14. The van der Waals surface area contributed by atoms with Crippen LogP contribution in [0, 0.1) is 0 Å². The van der Waals surface area contributed by atoms with Crippen molar-refractivity contribution in [3.05, 3.63) is 46.8 Å².